The molecule has 3 aromatic rings. The molecule has 0 spiro atoms. The van der Waals surface area contributed by atoms with Crippen LogP contribution < -0.4 is 4.74 Å². The largest absolute Gasteiger partial charge is 0.495 e. The molecule has 1 aromatic heterocycles. The molecule has 2 aromatic carbocycles. The van der Waals surface area contributed by atoms with Crippen LogP contribution in [0.2, 0.25) is 5.02 Å². The van der Waals surface area contributed by atoms with Gasteiger partial charge in [-0.3, -0.25) is 9.36 Å². The predicted octanol–water partition coefficient (Wildman–Crippen LogP) is 5.34. The van der Waals surface area contributed by atoms with E-state index >= 15 is 0 Å². The summed E-state index contributed by atoms with van der Waals surface area (Å²) in [5.41, 5.74) is 1.75. The number of benzene rings is 2. The van der Waals surface area contributed by atoms with Crippen LogP contribution in [-0.4, -0.2) is 51.0 Å². The zero-order valence-electron chi connectivity index (χ0n) is 18.5. The zero-order valence-corrected chi connectivity index (χ0v) is 20.1. The molecule has 1 aliphatic heterocycles. The maximum atomic E-state index is 13.1. The Kier molecular flexibility index (Phi) is 7.06. The fourth-order valence-corrected chi connectivity index (χ4v) is 5.05. The molecular formula is C24H27ClN4O2S. The molecule has 0 saturated carbocycles. The van der Waals surface area contributed by atoms with Gasteiger partial charge in [0.05, 0.1) is 23.1 Å². The summed E-state index contributed by atoms with van der Waals surface area (Å²) >= 11 is 7.84. The number of aromatic nitrogens is 3. The first-order valence-corrected chi connectivity index (χ1v) is 12.0. The molecule has 1 unspecified atom stereocenters. The smallest absolute Gasteiger partial charge is 0.235 e. The molecule has 4 rings (SSSR count). The van der Waals surface area contributed by atoms with E-state index < -0.39 is 0 Å². The Morgan fingerprint density at radius 2 is 1.88 bits per heavy atom. The highest BCUT2D eigenvalue weighted by Gasteiger charge is 2.27. The van der Waals surface area contributed by atoms with E-state index in [4.69, 9.17) is 16.3 Å². The third-order valence-electron chi connectivity index (χ3n) is 5.78. The summed E-state index contributed by atoms with van der Waals surface area (Å²) in [5.74, 6) is 2.12. The number of nitrogens with zero attached hydrogens (tertiary/aromatic N) is 4. The lowest BCUT2D eigenvalue weighted by Crippen LogP contribution is -2.41. The first-order chi connectivity index (χ1) is 15.5. The van der Waals surface area contributed by atoms with E-state index in [0.29, 0.717) is 27.7 Å². The fraction of sp³-hybridized carbons (Fsp3) is 0.375. The average Bonchev–Trinajstić information content (AvgIpc) is 3.23. The summed E-state index contributed by atoms with van der Waals surface area (Å²) in [4.78, 5) is 15.1. The number of methoxy groups -OCH3 is 1. The summed E-state index contributed by atoms with van der Waals surface area (Å²) in [7, 11) is 1.59. The topological polar surface area (TPSA) is 60.2 Å². The van der Waals surface area contributed by atoms with E-state index in [9.17, 15) is 4.79 Å². The number of rotatable bonds is 6. The van der Waals surface area contributed by atoms with Crippen LogP contribution in [0.15, 0.2) is 53.7 Å². The fourth-order valence-electron chi connectivity index (χ4n) is 3.84. The summed E-state index contributed by atoms with van der Waals surface area (Å²) in [5, 5.41) is 9.79. The molecule has 0 aliphatic carbocycles. The van der Waals surface area contributed by atoms with E-state index in [1.807, 2.05) is 64.9 Å². The van der Waals surface area contributed by atoms with Gasteiger partial charge in [-0.05, 0) is 43.9 Å². The quantitative estimate of drug-likeness (QED) is 0.455. The molecular weight excluding hydrogens is 444 g/mol. The number of thioether (sulfide) groups is 1. The zero-order chi connectivity index (χ0) is 22.7. The second-order valence-electron chi connectivity index (χ2n) is 8.09. The van der Waals surface area contributed by atoms with Gasteiger partial charge in [0.15, 0.2) is 11.0 Å². The van der Waals surface area contributed by atoms with Crippen molar-refractivity contribution in [3.05, 3.63) is 53.6 Å². The molecule has 0 N–H and O–H groups in total. The Labute approximate surface area is 197 Å². The van der Waals surface area contributed by atoms with Gasteiger partial charge in [0, 0.05) is 18.7 Å². The van der Waals surface area contributed by atoms with Gasteiger partial charge in [0.2, 0.25) is 5.91 Å². The number of ether oxygens (including phenoxy) is 1. The van der Waals surface area contributed by atoms with E-state index in [2.05, 4.69) is 17.1 Å². The van der Waals surface area contributed by atoms with E-state index in [-0.39, 0.29) is 11.2 Å². The van der Waals surface area contributed by atoms with Crippen LogP contribution in [0.25, 0.3) is 17.1 Å². The Balaban J connectivity index is 1.67. The molecule has 1 aliphatic rings. The van der Waals surface area contributed by atoms with Crippen molar-refractivity contribution in [3.63, 3.8) is 0 Å². The van der Waals surface area contributed by atoms with E-state index in [1.165, 1.54) is 11.8 Å². The molecule has 0 bridgehead atoms. The van der Waals surface area contributed by atoms with Crippen molar-refractivity contribution in [1.82, 2.24) is 19.7 Å². The van der Waals surface area contributed by atoms with Crippen molar-refractivity contribution in [2.75, 3.05) is 20.2 Å². The average molecular weight is 471 g/mol. The van der Waals surface area contributed by atoms with Crippen LogP contribution in [0, 0.1) is 5.92 Å². The highest BCUT2D eigenvalue weighted by atomic mass is 35.5. The Morgan fingerprint density at radius 1 is 1.16 bits per heavy atom. The van der Waals surface area contributed by atoms with E-state index in [0.717, 1.165) is 37.2 Å². The third-order valence-corrected chi connectivity index (χ3v) is 7.11. The van der Waals surface area contributed by atoms with Crippen molar-refractivity contribution < 1.29 is 9.53 Å². The number of amides is 1. The van der Waals surface area contributed by atoms with Crippen molar-refractivity contribution in [2.45, 2.75) is 37.1 Å². The normalized spacial score (nSPS) is 15.6. The van der Waals surface area contributed by atoms with Crippen LogP contribution in [0.5, 0.6) is 5.75 Å². The van der Waals surface area contributed by atoms with Gasteiger partial charge in [-0.1, -0.05) is 60.6 Å². The molecule has 2 heterocycles. The lowest BCUT2D eigenvalue weighted by atomic mass is 9.99. The summed E-state index contributed by atoms with van der Waals surface area (Å²) in [6, 6.07) is 15.4. The minimum absolute atomic E-state index is 0.144. The van der Waals surface area contributed by atoms with Crippen LogP contribution in [0.1, 0.15) is 26.7 Å². The maximum absolute atomic E-state index is 13.1. The van der Waals surface area contributed by atoms with Crippen molar-refractivity contribution in [3.8, 4) is 22.8 Å². The van der Waals surface area contributed by atoms with Gasteiger partial charge >= 0.3 is 0 Å². The SMILES string of the molecule is COc1ccc(-n2c(SC(C)C(=O)N3CCC(C)CC3)nnc2-c2ccccc2)cc1Cl. The minimum Gasteiger partial charge on any atom is -0.495 e. The van der Waals surface area contributed by atoms with Crippen molar-refractivity contribution in [2.24, 2.45) is 5.92 Å². The number of likely N-dealkylation sites (tertiary alicyclic amines) is 1. The molecule has 0 radical (unpaired) electrons. The summed E-state index contributed by atoms with van der Waals surface area (Å²) in [6.45, 7) is 5.82. The van der Waals surface area contributed by atoms with Crippen LogP contribution in [0.4, 0.5) is 0 Å². The molecule has 1 atom stereocenters. The van der Waals surface area contributed by atoms with Gasteiger partial charge in [-0.2, -0.15) is 0 Å². The molecule has 1 saturated heterocycles. The standard InChI is InChI=1S/C24H27ClN4O2S/c1-16-11-13-28(14-12-16)23(30)17(2)32-24-27-26-22(18-7-5-4-6-8-18)29(24)19-9-10-21(31-3)20(25)15-19/h4-10,15-17H,11-14H2,1-3H3. The third kappa shape index (κ3) is 4.79. The number of piperidine rings is 1. The van der Waals surface area contributed by atoms with Gasteiger partial charge in [-0.25, -0.2) is 0 Å². The van der Waals surface area contributed by atoms with Crippen LogP contribution in [-0.2, 0) is 4.79 Å². The molecule has 6 nitrogen and oxygen atoms in total. The Bertz CT molecular complexity index is 1080. The van der Waals surface area contributed by atoms with Gasteiger partial charge in [0.25, 0.3) is 0 Å². The Hall–Kier alpha value is -2.51. The molecule has 1 fully saturated rings. The first kappa shape index (κ1) is 22.7. The predicted molar refractivity (Wildman–Crippen MR) is 129 cm³/mol. The lowest BCUT2D eigenvalue weighted by Gasteiger charge is -2.32. The summed E-state index contributed by atoms with van der Waals surface area (Å²) in [6.07, 6.45) is 2.11. The van der Waals surface area contributed by atoms with Gasteiger partial charge in [0.1, 0.15) is 5.75 Å². The van der Waals surface area contributed by atoms with Gasteiger partial charge < -0.3 is 9.64 Å². The first-order valence-electron chi connectivity index (χ1n) is 10.8. The highest BCUT2D eigenvalue weighted by molar-refractivity contribution is 8.00. The van der Waals surface area contributed by atoms with Crippen LogP contribution in [0.3, 0.4) is 0 Å². The van der Waals surface area contributed by atoms with Crippen molar-refractivity contribution >= 4 is 29.3 Å². The number of carbonyl (C=O) groups is 1. The number of hydrogen-bond acceptors (Lipinski definition) is 5. The molecule has 168 valence electrons. The maximum Gasteiger partial charge on any atom is 0.235 e. The molecule has 8 heteroatoms. The van der Waals surface area contributed by atoms with Crippen molar-refractivity contribution in [1.29, 1.82) is 0 Å². The van der Waals surface area contributed by atoms with Crippen LogP contribution >= 0.6 is 23.4 Å². The monoisotopic (exact) mass is 470 g/mol. The lowest BCUT2D eigenvalue weighted by molar-refractivity contribution is -0.131. The second-order valence-corrected chi connectivity index (χ2v) is 9.81. The summed E-state index contributed by atoms with van der Waals surface area (Å²) < 4.78 is 7.26. The number of carbonyl (C=O) groups excluding carboxylic acids is 1. The molecule has 32 heavy (non-hydrogen) atoms. The minimum atomic E-state index is -0.274. The Morgan fingerprint density at radius 3 is 2.53 bits per heavy atom. The highest BCUT2D eigenvalue weighted by Crippen LogP contribution is 2.34. The molecule has 1 amide bonds. The second kappa shape index (κ2) is 9.96. The number of halogens is 1. The van der Waals surface area contributed by atoms with Gasteiger partial charge in [-0.15, -0.1) is 10.2 Å². The van der Waals surface area contributed by atoms with E-state index in [1.54, 1.807) is 7.11 Å². The number of hydrogen-bond donors (Lipinski definition) is 0.